The zero-order valence-corrected chi connectivity index (χ0v) is 15.0. The van der Waals surface area contributed by atoms with Gasteiger partial charge in [0.2, 0.25) is 5.91 Å². The van der Waals surface area contributed by atoms with Crippen LogP contribution in [0.4, 0.5) is 0 Å². The number of carbonyl (C=O) groups is 1. The van der Waals surface area contributed by atoms with Gasteiger partial charge in [-0.05, 0) is 31.9 Å². The number of imidazole rings is 1. The Morgan fingerprint density at radius 3 is 2.60 bits per heavy atom. The van der Waals surface area contributed by atoms with Gasteiger partial charge in [-0.3, -0.25) is 14.6 Å². The number of hydrogen-bond acceptors (Lipinski definition) is 4. The molecule has 2 fully saturated rings. The summed E-state index contributed by atoms with van der Waals surface area (Å²) < 4.78 is 2.07. The number of likely N-dealkylation sites (tertiary alicyclic amines) is 1. The van der Waals surface area contributed by atoms with Crippen LogP contribution in [0.3, 0.4) is 0 Å². The summed E-state index contributed by atoms with van der Waals surface area (Å²) in [6.45, 7) is 8.72. The number of rotatable bonds is 4. The zero-order chi connectivity index (χ0) is 17.2. The third-order valence-electron chi connectivity index (χ3n) is 5.53. The van der Waals surface area contributed by atoms with E-state index >= 15 is 0 Å². The van der Waals surface area contributed by atoms with Crippen molar-refractivity contribution in [2.45, 2.75) is 32.4 Å². The Morgan fingerprint density at radius 2 is 1.88 bits per heavy atom. The van der Waals surface area contributed by atoms with Crippen molar-refractivity contribution in [3.05, 3.63) is 36.3 Å². The molecule has 6 heteroatoms. The van der Waals surface area contributed by atoms with Gasteiger partial charge in [-0.15, -0.1) is 0 Å². The third kappa shape index (κ3) is 3.55. The summed E-state index contributed by atoms with van der Waals surface area (Å²) in [4.78, 5) is 24.1. The molecule has 1 atom stereocenters. The molecule has 0 radical (unpaired) electrons. The second-order valence-corrected chi connectivity index (χ2v) is 7.22. The SMILES string of the molecule is C[C@@H](C(=O)N1CCCC1)N1CCN(Cc2cn3ccccc3n2)CC1. The number of amides is 1. The molecule has 0 saturated carbocycles. The molecule has 2 aromatic rings. The molecule has 134 valence electrons. The van der Waals surface area contributed by atoms with E-state index in [9.17, 15) is 4.79 Å². The minimum Gasteiger partial charge on any atom is -0.341 e. The van der Waals surface area contributed by atoms with E-state index in [4.69, 9.17) is 0 Å². The standard InChI is InChI=1S/C19H27N5O/c1-16(19(25)23-7-4-5-8-23)22-12-10-21(11-13-22)14-17-15-24-9-3-2-6-18(24)20-17/h2-3,6,9,15-16H,4-5,7-8,10-14H2,1H3/t16-/m0/s1. The van der Waals surface area contributed by atoms with E-state index in [1.54, 1.807) is 0 Å². The van der Waals surface area contributed by atoms with Gasteiger partial charge < -0.3 is 9.30 Å². The number of pyridine rings is 1. The van der Waals surface area contributed by atoms with Crippen LogP contribution in [0.5, 0.6) is 0 Å². The van der Waals surface area contributed by atoms with Crippen molar-refractivity contribution in [3.63, 3.8) is 0 Å². The molecule has 0 N–H and O–H groups in total. The molecule has 6 nitrogen and oxygen atoms in total. The van der Waals surface area contributed by atoms with Crippen LogP contribution in [-0.2, 0) is 11.3 Å². The van der Waals surface area contributed by atoms with Crippen LogP contribution < -0.4 is 0 Å². The van der Waals surface area contributed by atoms with Crippen LogP contribution in [0.25, 0.3) is 5.65 Å². The maximum absolute atomic E-state index is 12.6. The van der Waals surface area contributed by atoms with Gasteiger partial charge in [-0.1, -0.05) is 6.07 Å². The first-order valence-electron chi connectivity index (χ1n) is 9.38. The molecule has 0 aliphatic carbocycles. The Balaban J connectivity index is 1.31. The Morgan fingerprint density at radius 1 is 1.12 bits per heavy atom. The van der Waals surface area contributed by atoms with Crippen LogP contribution in [0.15, 0.2) is 30.6 Å². The molecule has 4 heterocycles. The third-order valence-corrected chi connectivity index (χ3v) is 5.53. The van der Waals surface area contributed by atoms with Gasteiger partial charge in [0.1, 0.15) is 5.65 Å². The summed E-state index contributed by atoms with van der Waals surface area (Å²) in [6, 6.07) is 6.09. The Hall–Kier alpha value is -1.92. The lowest BCUT2D eigenvalue weighted by molar-refractivity contribution is -0.136. The normalized spacial score (nSPS) is 21.1. The highest BCUT2D eigenvalue weighted by Gasteiger charge is 2.29. The first-order valence-corrected chi connectivity index (χ1v) is 9.38. The molecule has 2 aliphatic heterocycles. The highest BCUT2D eigenvalue weighted by molar-refractivity contribution is 5.81. The molecule has 0 unspecified atom stereocenters. The maximum atomic E-state index is 12.6. The summed E-state index contributed by atoms with van der Waals surface area (Å²) in [5, 5.41) is 0. The first kappa shape index (κ1) is 16.5. The van der Waals surface area contributed by atoms with Crippen LogP contribution in [-0.4, -0.2) is 75.3 Å². The van der Waals surface area contributed by atoms with Crippen molar-refractivity contribution in [1.82, 2.24) is 24.1 Å². The van der Waals surface area contributed by atoms with Crippen LogP contribution in [0.2, 0.25) is 0 Å². The molecule has 2 aromatic heterocycles. The molecule has 4 rings (SSSR count). The van der Waals surface area contributed by atoms with E-state index < -0.39 is 0 Å². The molecule has 25 heavy (non-hydrogen) atoms. The summed E-state index contributed by atoms with van der Waals surface area (Å²) in [7, 11) is 0. The molecule has 0 spiro atoms. The highest BCUT2D eigenvalue weighted by Crippen LogP contribution is 2.15. The van der Waals surface area contributed by atoms with E-state index in [1.807, 2.05) is 29.3 Å². The van der Waals surface area contributed by atoms with E-state index in [0.717, 1.165) is 70.0 Å². The summed E-state index contributed by atoms with van der Waals surface area (Å²) in [6.07, 6.45) is 6.47. The van der Waals surface area contributed by atoms with Gasteiger partial charge in [0, 0.05) is 58.2 Å². The predicted octanol–water partition coefficient (Wildman–Crippen LogP) is 1.46. The van der Waals surface area contributed by atoms with Crippen molar-refractivity contribution in [1.29, 1.82) is 0 Å². The number of nitrogens with zero attached hydrogens (tertiary/aromatic N) is 5. The van der Waals surface area contributed by atoms with Crippen LogP contribution in [0, 0.1) is 0 Å². The van der Waals surface area contributed by atoms with E-state index in [1.165, 1.54) is 0 Å². The van der Waals surface area contributed by atoms with Gasteiger partial charge in [0.25, 0.3) is 0 Å². The number of aromatic nitrogens is 2. The Labute approximate surface area is 149 Å². The molecular weight excluding hydrogens is 314 g/mol. The van der Waals surface area contributed by atoms with Crippen molar-refractivity contribution in [3.8, 4) is 0 Å². The zero-order valence-electron chi connectivity index (χ0n) is 15.0. The summed E-state index contributed by atoms with van der Waals surface area (Å²) in [5.41, 5.74) is 2.11. The van der Waals surface area contributed by atoms with Gasteiger partial charge >= 0.3 is 0 Å². The van der Waals surface area contributed by atoms with Gasteiger partial charge in [0.05, 0.1) is 11.7 Å². The highest BCUT2D eigenvalue weighted by atomic mass is 16.2. The number of piperazine rings is 1. The molecule has 0 bridgehead atoms. The van der Waals surface area contributed by atoms with Gasteiger partial charge in [-0.2, -0.15) is 0 Å². The van der Waals surface area contributed by atoms with Gasteiger partial charge in [0.15, 0.2) is 0 Å². The maximum Gasteiger partial charge on any atom is 0.239 e. The Bertz CT molecular complexity index is 695. The second kappa shape index (κ2) is 7.14. The van der Waals surface area contributed by atoms with Crippen molar-refractivity contribution < 1.29 is 4.79 Å². The monoisotopic (exact) mass is 341 g/mol. The quantitative estimate of drug-likeness (QED) is 0.845. The average Bonchev–Trinajstić information content (AvgIpc) is 3.30. The summed E-state index contributed by atoms with van der Waals surface area (Å²) >= 11 is 0. The lowest BCUT2D eigenvalue weighted by Crippen LogP contribution is -2.54. The fourth-order valence-corrected chi connectivity index (χ4v) is 3.96. The number of hydrogen-bond donors (Lipinski definition) is 0. The number of fused-ring (bicyclic) bond motifs is 1. The predicted molar refractivity (Wildman–Crippen MR) is 97.3 cm³/mol. The second-order valence-electron chi connectivity index (χ2n) is 7.22. The van der Waals surface area contributed by atoms with Crippen molar-refractivity contribution in [2.24, 2.45) is 0 Å². The fourth-order valence-electron chi connectivity index (χ4n) is 3.96. The average molecular weight is 341 g/mol. The topological polar surface area (TPSA) is 44.1 Å². The lowest BCUT2D eigenvalue weighted by Gasteiger charge is -2.38. The van der Waals surface area contributed by atoms with E-state index in [0.29, 0.717) is 5.91 Å². The van der Waals surface area contributed by atoms with Crippen LogP contribution in [0.1, 0.15) is 25.5 Å². The molecule has 2 saturated heterocycles. The summed E-state index contributed by atoms with van der Waals surface area (Å²) in [5.74, 6) is 0.311. The number of carbonyl (C=O) groups excluding carboxylic acids is 1. The minimum atomic E-state index is 0.00967. The molecule has 2 aliphatic rings. The first-order chi connectivity index (χ1) is 12.2. The van der Waals surface area contributed by atoms with E-state index in [2.05, 4.69) is 32.3 Å². The smallest absolute Gasteiger partial charge is 0.239 e. The molecular formula is C19H27N5O. The van der Waals surface area contributed by atoms with E-state index in [-0.39, 0.29) is 6.04 Å². The minimum absolute atomic E-state index is 0.00967. The molecule has 1 amide bonds. The Kier molecular flexibility index (Phi) is 4.72. The largest absolute Gasteiger partial charge is 0.341 e. The van der Waals surface area contributed by atoms with Gasteiger partial charge in [-0.25, -0.2) is 4.98 Å². The fraction of sp³-hybridized carbons (Fsp3) is 0.579. The van der Waals surface area contributed by atoms with Crippen LogP contribution >= 0.6 is 0 Å². The van der Waals surface area contributed by atoms with Crippen molar-refractivity contribution in [2.75, 3.05) is 39.3 Å². The van der Waals surface area contributed by atoms with Crippen molar-refractivity contribution >= 4 is 11.6 Å². The molecule has 0 aromatic carbocycles. The lowest BCUT2D eigenvalue weighted by atomic mass is 10.2.